The van der Waals surface area contributed by atoms with E-state index in [1.807, 2.05) is 38.1 Å². The lowest BCUT2D eigenvalue weighted by Crippen LogP contribution is -2.27. The summed E-state index contributed by atoms with van der Waals surface area (Å²) in [6, 6.07) is 7.41. The van der Waals surface area contributed by atoms with E-state index in [1.54, 1.807) is 12.4 Å². The summed E-state index contributed by atoms with van der Waals surface area (Å²) in [5.74, 6) is -0.0924. The van der Waals surface area contributed by atoms with Crippen LogP contribution in [0.3, 0.4) is 0 Å². The van der Waals surface area contributed by atoms with Gasteiger partial charge in [0.05, 0.1) is 17.8 Å². The first-order chi connectivity index (χ1) is 9.22. The molecule has 0 spiro atoms. The van der Waals surface area contributed by atoms with Gasteiger partial charge in [-0.2, -0.15) is 5.10 Å². The van der Waals surface area contributed by atoms with Crippen LogP contribution >= 0.6 is 0 Å². The first kappa shape index (κ1) is 13.1. The number of carbonyl (C=O) groups is 1. The summed E-state index contributed by atoms with van der Waals surface area (Å²) >= 11 is 0. The second kappa shape index (κ2) is 6.04. The Balaban J connectivity index is 2.11. The molecule has 0 fully saturated rings. The zero-order valence-electron chi connectivity index (χ0n) is 11.1. The monoisotopic (exact) mass is 258 g/mol. The van der Waals surface area contributed by atoms with Crippen LogP contribution in [0.1, 0.15) is 35.8 Å². The van der Waals surface area contributed by atoms with Crippen LogP contribution in [0.15, 0.2) is 36.7 Å². The maximum Gasteiger partial charge on any atom is 0.253 e. The summed E-state index contributed by atoms with van der Waals surface area (Å²) in [4.78, 5) is 12.3. The maximum atomic E-state index is 12.3. The number of nitrogens with one attached hydrogen (secondary N) is 3. The van der Waals surface area contributed by atoms with E-state index in [2.05, 4.69) is 20.8 Å². The number of hydrogen-bond acceptors (Lipinski definition) is 3. The molecule has 0 aliphatic rings. The number of para-hydroxylation sites is 1. The summed E-state index contributed by atoms with van der Waals surface area (Å²) in [7, 11) is 0. The number of aromatic amines is 1. The molecule has 0 aliphatic heterocycles. The van der Waals surface area contributed by atoms with Crippen molar-refractivity contribution in [2.24, 2.45) is 0 Å². The molecule has 1 atom stereocenters. The largest absolute Gasteiger partial charge is 0.385 e. The molecule has 1 amide bonds. The Labute approximate surface area is 112 Å². The summed E-state index contributed by atoms with van der Waals surface area (Å²) in [5.41, 5.74) is 2.45. The van der Waals surface area contributed by atoms with Gasteiger partial charge < -0.3 is 10.6 Å². The number of amides is 1. The molecule has 19 heavy (non-hydrogen) atoms. The molecule has 3 N–H and O–H groups in total. The lowest BCUT2D eigenvalue weighted by atomic mass is 10.1. The minimum Gasteiger partial charge on any atom is -0.385 e. The average Bonchev–Trinajstić information content (AvgIpc) is 2.93. The molecule has 2 rings (SSSR count). The van der Waals surface area contributed by atoms with E-state index in [9.17, 15) is 4.79 Å². The van der Waals surface area contributed by atoms with Crippen LogP contribution in [0.5, 0.6) is 0 Å². The predicted octanol–water partition coefficient (Wildman–Crippen LogP) is 2.33. The smallest absolute Gasteiger partial charge is 0.253 e. The van der Waals surface area contributed by atoms with Crippen molar-refractivity contribution in [3.05, 3.63) is 47.8 Å². The number of H-pyrrole nitrogens is 1. The number of carbonyl (C=O) groups excluding carboxylic acids is 1. The van der Waals surface area contributed by atoms with E-state index < -0.39 is 0 Å². The van der Waals surface area contributed by atoms with Crippen molar-refractivity contribution >= 4 is 11.6 Å². The second-order valence-electron chi connectivity index (χ2n) is 4.30. The minimum absolute atomic E-state index is 0.0825. The third kappa shape index (κ3) is 3.13. The van der Waals surface area contributed by atoms with Crippen LogP contribution in [0.2, 0.25) is 0 Å². The van der Waals surface area contributed by atoms with Gasteiger partial charge in [-0.3, -0.25) is 9.89 Å². The van der Waals surface area contributed by atoms with E-state index in [0.29, 0.717) is 5.56 Å². The summed E-state index contributed by atoms with van der Waals surface area (Å²) < 4.78 is 0. The van der Waals surface area contributed by atoms with Gasteiger partial charge in [0.25, 0.3) is 5.91 Å². The van der Waals surface area contributed by atoms with Crippen molar-refractivity contribution in [2.75, 3.05) is 11.9 Å². The van der Waals surface area contributed by atoms with Gasteiger partial charge in [0.1, 0.15) is 0 Å². The highest BCUT2D eigenvalue weighted by Crippen LogP contribution is 2.17. The molecule has 0 saturated carbocycles. The molecule has 1 aromatic carbocycles. The zero-order valence-corrected chi connectivity index (χ0v) is 11.1. The standard InChI is InChI=1S/C14H18N4O/c1-3-15-13-7-5-4-6-12(13)14(19)18-10(2)11-8-16-17-9-11/h4-10,15H,3H2,1-2H3,(H,16,17)(H,18,19). The van der Waals surface area contributed by atoms with Crippen molar-refractivity contribution in [1.82, 2.24) is 15.5 Å². The number of rotatable bonds is 5. The fraction of sp³-hybridized carbons (Fsp3) is 0.286. The molecule has 1 unspecified atom stereocenters. The molecule has 1 heterocycles. The third-order valence-electron chi connectivity index (χ3n) is 2.91. The number of nitrogens with zero attached hydrogens (tertiary/aromatic N) is 1. The highest BCUT2D eigenvalue weighted by atomic mass is 16.1. The zero-order chi connectivity index (χ0) is 13.7. The SMILES string of the molecule is CCNc1ccccc1C(=O)NC(C)c1cn[nH]c1. The molecule has 0 saturated heterocycles. The average molecular weight is 258 g/mol. The van der Waals surface area contributed by atoms with Gasteiger partial charge in [0.2, 0.25) is 0 Å². The highest BCUT2D eigenvalue weighted by Gasteiger charge is 2.14. The van der Waals surface area contributed by atoms with Crippen molar-refractivity contribution in [3.8, 4) is 0 Å². The molecule has 2 aromatic rings. The lowest BCUT2D eigenvalue weighted by molar-refractivity contribution is 0.0940. The van der Waals surface area contributed by atoms with Crippen LogP contribution in [0.25, 0.3) is 0 Å². The minimum atomic E-state index is -0.0924. The van der Waals surface area contributed by atoms with Gasteiger partial charge in [-0.05, 0) is 26.0 Å². The Morgan fingerprint density at radius 1 is 1.42 bits per heavy atom. The first-order valence-electron chi connectivity index (χ1n) is 6.34. The fourth-order valence-electron chi connectivity index (χ4n) is 1.88. The van der Waals surface area contributed by atoms with Crippen LogP contribution < -0.4 is 10.6 Å². The molecule has 100 valence electrons. The topological polar surface area (TPSA) is 69.8 Å². The molecular weight excluding hydrogens is 240 g/mol. The van der Waals surface area contributed by atoms with Crippen LogP contribution in [-0.2, 0) is 0 Å². The van der Waals surface area contributed by atoms with E-state index in [0.717, 1.165) is 17.8 Å². The van der Waals surface area contributed by atoms with Crippen molar-refractivity contribution in [1.29, 1.82) is 0 Å². The van der Waals surface area contributed by atoms with Gasteiger partial charge >= 0.3 is 0 Å². The molecule has 0 aliphatic carbocycles. The van der Waals surface area contributed by atoms with E-state index in [1.165, 1.54) is 0 Å². The van der Waals surface area contributed by atoms with Crippen molar-refractivity contribution < 1.29 is 4.79 Å². The van der Waals surface area contributed by atoms with Gasteiger partial charge in [0, 0.05) is 24.0 Å². The third-order valence-corrected chi connectivity index (χ3v) is 2.91. The Hall–Kier alpha value is -2.30. The van der Waals surface area contributed by atoms with Gasteiger partial charge in [-0.1, -0.05) is 12.1 Å². The quantitative estimate of drug-likeness (QED) is 0.771. The van der Waals surface area contributed by atoms with Crippen LogP contribution in [-0.4, -0.2) is 22.6 Å². The van der Waals surface area contributed by atoms with Crippen molar-refractivity contribution in [2.45, 2.75) is 19.9 Å². The molecular formula is C14H18N4O. The number of benzene rings is 1. The molecule has 0 radical (unpaired) electrons. The van der Waals surface area contributed by atoms with Crippen LogP contribution in [0.4, 0.5) is 5.69 Å². The number of aromatic nitrogens is 2. The highest BCUT2D eigenvalue weighted by molar-refractivity contribution is 5.99. The normalized spacial score (nSPS) is 11.9. The summed E-state index contributed by atoms with van der Waals surface area (Å²) in [6.07, 6.45) is 3.49. The Morgan fingerprint density at radius 2 is 2.21 bits per heavy atom. The van der Waals surface area contributed by atoms with Gasteiger partial charge in [0.15, 0.2) is 0 Å². The lowest BCUT2D eigenvalue weighted by Gasteiger charge is -2.14. The Morgan fingerprint density at radius 3 is 2.89 bits per heavy atom. The molecule has 5 nitrogen and oxygen atoms in total. The summed E-state index contributed by atoms with van der Waals surface area (Å²) in [5, 5.41) is 12.8. The molecule has 1 aromatic heterocycles. The predicted molar refractivity (Wildman–Crippen MR) is 75.1 cm³/mol. The second-order valence-corrected chi connectivity index (χ2v) is 4.30. The molecule has 5 heteroatoms. The fourth-order valence-corrected chi connectivity index (χ4v) is 1.88. The van der Waals surface area contributed by atoms with E-state index in [4.69, 9.17) is 0 Å². The van der Waals surface area contributed by atoms with Gasteiger partial charge in [-0.25, -0.2) is 0 Å². The maximum absolute atomic E-state index is 12.3. The van der Waals surface area contributed by atoms with Crippen LogP contribution in [0, 0.1) is 0 Å². The first-order valence-corrected chi connectivity index (χ1v) is 6.34. The summed E-state index contributed by atoms with van der Waals surface area (Å²) in [6.45, 7) is 4.71. The Bertz CT molecular complexity index is 536. The van der Waals surface area contributed by atoms with E-state index in [-0.39, 0.29) is 11.9 Å². The number of hydrogen-bond donors (Lipinski definition) is 3. The number of anilines is 1. The van der Waals surface area contributed by atoms with Crippen molar-refractivity contribution in [3.63, 3.8) is 0 Å². The molecule has 0 bridgehead atoms. The van der Waals surface area contributed by atoms with E-state index >= 15 is 0 Å². The van der Waals surface area contributed by atoms with Gasteiger partial charge in [-0.15, -0.1) is 0 Å². The Kier molecular flexibility index (Phi) is 4.18.